The lowest BCUT2D eigenvalue weighted by atomic mass is 9.91. The third-order valence-corrected chi connectivity index (χ3v) is 9.08. The van der Waals surface area contributed by atoms with Gasteiger partial charge >= 0.3 is 0 Å². The van der Waals surface area contributed by atoms with E-state index in [0.717, 1.165) is 61.1 Å². The van der Waals surface area contributed by atoms with E-state index in [1.807, 2.05) is 60.7 Å². The fourth-order valence-electron chi connectivity index (χ4n) is 6.56. The zero-order valence-electron chi connectivity index (χ0n) is 28.2. The molecule has 0 aliphatic carbocycles. The number of hydrogen-bond acceptors (Lipinski definition) is 5. The van der Waals surface area contributed by atoms with Crippen molar-refractivity contribution in [2.75, 3.05) is 0 Å². The van der Waals surface area contributed by atoms with Crippen molar-refractivity contribution < 1.29 is 0 Å². The number of benzene rings is 6. The van der Waals surface area contributed by atoms with Crippen molar-refractivity contribution in [2.45, 2.75) is 0 Å². The van der Waals surface area contributed by atoms with Gasteiger partial charge < -0.3 is 0 Å². The Morgan fingerprint density at radius 3 is 1.60 bits per heavy atom. The summed E-state index contributed by atoms with van der Waals surface area (Å²) in [4.78, 5) is 20.2. The second-order valence-corrected chi connectivity index (χ2v) is 12.3. The molecule has 0 saturated heterocycles. The van der Waals surface area contributed by atoms with Crippen LogP contribution in [-0.2, 0) is 0 Å². The lowest BCUT2D eigenvalue weighted by molar-refractivity contribution is 1.17. The van der Waals surface area contributed by atoms with E-state index in [0.29, 0.717) is 34.2 Å². The van der Waals surface area contributed by atoms with E-state index in [1.165, 1.54) is 0 Å². The smallest absolute Gasteiger partial charge is 0.160 e. The first-order valence-corrected chi connectivity index (χ1v) is 16.9. The largest absolute Gasteiger partial charge is 0.244 e. The van der Waals surface area contributed by atoms with Gasteiger partial charge in [-0.05, 0) is 58.3 Å². The maximum Gasteiger partial charge on any atom is 0.160 e. The van der Waals surface area contributed by atoms with E-state index in [4.69, 9.17) is 19.9 Å². The van der Waals surface area contributed by atoms with Crippen molar-refractivity contribution in [3.05, 3.63) is 182 Å². The second-order valence-electron chi connectivity index (χ2n) is 12.3. The van der Waals surface area contributed by atoms with Crippen LogP contribution in [0.2, 0.25) is 0 Å². The summed E-state index contributed by atoms with van der Waals surface area (Å²) in [5, 5.41) is 11.7. The summed E-state index contributed by atoms with van der Waals surface area (Å²) in [6, 6.07) is 53.2. The molecule has 0 amide bonds. The summed E-state index contributed by atoms with van der Waals surface area (Å²) in [5.41, 5.74) is 11.7. The fraction of sp³-hybridized carbons (Fsp3) is 0. The van der Waals surface area contributed by atoms with Crippen molar-refractivity contribution in [3.63, 3.8) is 0 Å². The summed E-state index contributed by atoms with van der Waals surface area (Å²) in [7, 11) is 0. The summed E-state index contributed by atoms with van der Waals surface area (Å²) in [6.45, 7) is 7.96. The minimum atomic E-state index is 0.549. The van der Waals surface area contributed by atoms with E-state index in [2.05, 4.69) is 104 Å². The minimum absolute atomic E-state index is 0.549. The maximum atomic E-state index is 9.66. The maximum absolute atomic E-state index is 9.66. The quantitative estimate of drug-likeness (QED) is 0.161. The molecule has 0 aliphatic rings. The highest BCUT2D eigenvalue weighted by Gasteiger charge is 2.19. The van der Waals surface area contributed by atoms with Gasteiger partial charge in [0, 0.05) is 27.8 Å². The molecule has 0 N–H and O–H groups in total. The van der Waals surface area contributed by atoms with E-state index in [9.17, 15) is 5.26 Å². The SMILES string of the molecule is C=Cc1nc(-c2cccc(C#N)c2)c(-c2ccc(-c3cccc(-c4nc(-c5ccccc5)cc(-c5ccccc5)n4)c3)c3ccccc23)nc1C=C. The second kappa shape index (κ2) is 13.9. The third kappa shape index (κ3) is 6.06. The highest BCUT2D eigenvalue weighted by atomic mass is 14.9. The molecule has 0 spiro atoms. The Hall–Kier alpha value is -7.29. The van der Waals surface area contributed by atoms with Gasteiger partial charge in [-0.3, -0.25) is 0 Å². The van der Waals surface area contributed by atoms with E-state index >= 15 is 0 Å². The molecular formula is C47H31N5. The highest BCUT2D eigenvalue weighted by Crippen LogP contribution is 2.40. The normalized spacial score (nSPS) is 10.8. The van der Waals surface area contributed by atoms with E-state index in [1.54, 1.807) is 18.2 Å². The van der Waals surface area contributed by atoms with Crippen molar-refractivity contribution in [2.24, 2.45) is 0 Å². The average molecular weight is 666 g/mol. The molecule has 52 heavy (non-hydrogen) atoms. The Bertz CT molecular complexity index is 2620. The highest BCUT2D eigenvalue weighted by molar-refractivity contribution is 6.06. The minimum Gasteiger partial charge on any atom is -0.244 e. The number of nitrogens with zero attached hydrogens (tertiary/aromatic N) is 5. The molecule has 0 unspecified atom stereocenters. The van der Waals surface area contributed by atoms with Gasteiger partial charge in [-0.25, -0.2) is 19.9 Å². The molecular weight excluding hydrogens is 635 g/mol. The Balaban J connectivity index is 1.29. The Kier molecular flexibility index (Phi) is 8.55. The lowest BCUT2D eigenvalue weighted by Crippen LogP contribution is -2.01. The number of fused-ring (bicyclic) bond motifs is 1. The van der Waals surface area contributed by atoms with Crippen LogP contribution in [0.15, 0.2) is 165 Å². The summed E-state index contributed by atoms with van der Waals surface area (Å²) < 4.78 is 0. The van der Waals surface area contributed by atoms with Crippen molar-refractivity contribution >= 4 is 22.9 Å². The predicted molar refractivity (Wildman–Crippen MR) is 213 cm³/mol. The molecule has 0 radical (unpaired) electrons. The van der Waals surface area contributed by atoms with Crippen LogP contribution in [0.4, 0.5) is 0 Å². The zero-order valence-corrected chi connectivity index (χ0v) is 28.2. The van der Waals surface area contributed by atoms with Gasteiger partial charge in [0.05, 0.1) is 45.8 Å². The first kappa shape index (κ1) is 31.9. The zero-order chi connectivity index (χ0) is 35.4. The van der Waals surface area contributed by atoms with Crippen LogP contribution >= 0.6 is 0 Å². The van der Waals surface area contributed by atoms with Crippen molar-refractivity contribution in [1.82, 2.24) is 19.9 Å². The van der Waals surface area contributed by atoms with Crippen LogP contribution in [0, 0.1) is 11.3 Å². The molecule has 244 valence electrons. The molecule has 6 aromatic carbocycles. The number of hydrogen-bond donors (Lipinski definition) is 0. The number of rotatable bonds is 8. The monoisotopic (exact) mass is 665 g/mol. The van der Waals surface area contributed by atoms with Gasteiger partial charge in [-0.2, -0.15) is 5.26 Å². The van der Waals surface area contributed by atoms with Crippen LogP contribution in [0.3, 0.4) is 0 Å². The van der Waals surface area contributed by atoms with Gasteiger partial charge in [-0.1, -0.05) is 141 Å². The van der Waals surface area contributed by atoms with Gasteiger partial charge in [0.25, 0.3) is 0 Å². The van der Waals surface area contributed by atoms with Crippen LogP contribution < -0.4 is 0 Å². The predicted octanol–water partition coefficient (Wildman–Crippen LogP) is 11.6. The molecule has 8 aromatic rings. The average Bonchev–Trinajstić information content (AvgIpc) is 3.23. The molecule has 2 heterocycles. The standard InChI is InChI=1S/C47H31N5/c1-3-41-42(4-2)50-46(45(49-41)35-21-13-15-31(27-35)30-48)40-26-25-37(38-23-11-12-24-39(38)40)34-20-14-22-36(28-34)47-51-43(32-16-7-5-8-17-32)29-44(52-47)33-18-9-6-10-19-33/h3-29H,1-2H2. The summed E-state index contributed by atoms with van der Waals surface area (Å²) >= 11 is 0. The van der Waals surface area contributed by atoms with E-state index in [-0.39, 0.29) is 0 Å². The number of nitriles is 1. The Labute approximate surface area is 302 Å². The molecule has 2 aromatic heterocycles. The Morgan fingerprint density at radius 1 is 0.442 bits per heavy atom. The topological polar surface area (TPSA) is 75.3 Å². The number of aromatic nitrogens is 4. The van der Waals surface area contributed by atoms with Gasteiger partial charge in [0.1, 0.15) is 0 Å². The molecule has 0 bridgehead atoms. The van der Waals surface area contributed by atoms with E-state index < -0.39 is 0 Å². The Morgan fingerprint density at radius 2 is 0.962 bits per heavy atom. The van der Waals surface area contributed by atoms with Crippen molar-refractivity contribution in [3.8, 4) is 73.6 Å². The van der Waals surface area contributed by atoms with Crippen LogP contribution in [-0.4, -0.2) is 19.9 Å². The molecule has 8 rings (SSSR count). The van der Waals surface area contributed by atoms with Crippen molar-refractivity contribution in [1.29, 1.82) is 5.26 Å². The molecule has 5 heteroatoms. The fourth-order valence-corrected chi connectivity index (χ4v) is 6.56. The van der Waals surface area contributed by atoms with Crippen LogP contribution in [0.25, 0.3) is 90.5 Å². The van der Waals surface area contributed by atoms with Gasteiger partial charge in [0.15, 0.2) is 5.82 Å². The molecule has 0 aliphatic heterocycles. The first-order chi connectivity index (χ1) is 25.6. The third-order valence-electron chi connectivity index (χ3n) is 9.08. The molecule has 0 saturated carbocycles. The molecule has 0 fully saturated rings. The van der Waals surface area contributed by atoms with Crippen LogP contribution in [0.5, 0.6) is 0 Å². The summed E-state index contributed by atoms with van der Waals surface area (Å²) in [6.07, 6.45) is 3.38. The molecule has 0 atom stereocenters. The lowest BCUT2D eigenvalue weighted by Gasteiger charge is -2.16. The first-order valence-electron chi connectivity index (χ1n) is 16.9. The van der Waals surface area contributed by atoms with Gasteiger partial charge in [0.2, 0.25) is 0 Å². The van der Waals surface area contributed by atoms with Crippen LogP contribution in [0.1, 0.15) is 17.0 Å². The molecule has 5 nitrogen and oxygen atoms in total. The van der Waals surface area contributed by atoms with Gasteiger partial charge in [-0.15, -0.1) is 0 Å². The summed E-state index contributed by atoms with van der Waals surface area (Å²) in [5.74, 6) is 0.654.